The number of piperidine rings is 1. The molecule has 0 aromatic heterocycles. The molecule has 3 heteroatoms. The van der Waals surface area contributed by atoms with E-state index in [1.54, 1.807) is 0 Å². The summed E-state index contributed by atoms with van der Waals surface area (Å²) in [6.07, 6.45) is 1.84. The van der Waals surface area contributed by atoms with Crippen LogP contribution >= 0.6 is 0 Å². The van der Waals surface area contributed by atoms with Crippen molar-refractivity contribution >= 4 is 0 Å². The second-order valence-electron chi connectivity index (χ2n) is 3.86. The Balaban J connectivity index is 2.36. The van der Waals surface area contributed by atoms with E-state index in [4.69, 9.17) is 11.5 Å². The van der Waals surface area contributed by atoms with Crippen LogP contribution in [0.15, 0.2) is 0 Å². The van der Waals surface area contributed by atoms with Crippen molar-refractivity contribution in [2.45, 2.75) is 38.4 Å². The SMILES string of the molecule is CC(C)N1CCC(N)(N)CC1. The largest absolute Gasteiger partial charge is 0.313 e. The lowest BCUT2D eigenvalue weighted by Gasteiger charge is -2.38. The zero-order valence-corrected chi connectivity index (χ0v) is 7.51. The first-order chi connectivity index (χ1) is 5.01. The minimum Gasteiger partial charge on any atom is -0.313 e. The summed E-state index contributed by atoms with van der Waals surface area (Å²) in [7, 11) is 0. The highest BCUT2D eigenvalue weighted by molar-refractivity contribution is 4.85. The third-order valence-corrected chi connectivity index (χ3v) is 2.46. The van der Waals surface area contributed by atoms with Crippen molar-refractivity contribution in [2.24, 2.45) is 11.5 Å². The summed E-state index contributed by atoms with van der Waals surface area (Å²) in [5.74, 6) is 0. The molecule has 1 fully saturated rings. The normalized spacial score (nSPS) is 25.9. The van der Waals surface area contributed by atoms with Crippen LogP contribution in [0.4, 0.5) is 0 Å². The van der Waals surface area contributed by atoms with Crippen molar-refractivity contribution in [1.29, 1.82) is 0 Å². The summed E-state index contributed by atoms with van der Waals surface area (Å²) < 4.78 is 0. The van der Waals surface area contributed by atoms with Gasteiger partial charge in [-0.05, 0) is 26.7 Å². The highest BCUT2D eigenvalue weighted by Gasteiger charge is 2.26. The van der Waals surface area contributed by atoms with Gasteiger partial charge in [0.25, 0.3) is 0 Å². The average molecular weight is 157 g/mol. The van der Waals surface area contributed by atoms with Gasteiger partial charge in [-0.15, -0.1) is 0 Å². The minimum atomic E-state index is -0.397. The Kier molecular flexibility index (Phi) is 2.52. The van der Waals surface area contributed by atoms with Gasteiger partial charge in [0, 0.05) is 19.1 Å². The highest BCUT2D eigenvalue weighted by atomic mass is 15.2. The van der Waals surface area contributed by atoms with Gasteiger partial charge in [-0.3, -0.25) is 0 Å². The van der Waals surface area contributed by atoms with Crippen LogP contribution < -0.4 is 11.5 Å². The lowest BCUT2D eigenvalue weighted by Crippen LogP contribution is -2.57. The Hall–Kier alpha value is -0.120. The van der Waals surface area contributed by atoms with Gasteiger partial charge in [-0.1, -0.05) is 0 Å². The van der Waals surface area contributed by atoms with Crippen LogP contribution in [0.5, 0.6) is 0 Å². The fraction of sp³-hybridized carbons (Fsp3) is 1.00. The van der Waals surface area contributed by atoms with Crippen LogP contribution in [0.3, 0.4) is 0 Å². The Morgan fingerprint density at radius 3 is 2.00 bits per heavy atom. The van der Waals surface area contributed by atoms with Crippen LogP contribution in [-0.4, -0.2) is 29.7 Å². The second kappa shape index (κ2) is 3.09. The number of likely N-dealkylation sites (tertiary alicyclic amines) is 1. The van der Waals surface area contributed by atoms with Crippen molar-refractivity contribution in [1.82, 2.24) is 4.90 Å². The average Bonchev–Trinajstić information content (AvgIpc) is 1.86. The monoisotopic (exact) mass is 157 g/mol. The molecule has 0 aliphatic carbocycles. The lowest BCUT2D eigenvalue weighted by atomic mass is 9.98. The summed E-state index contributed by atoms with van der Waals surface area (Å²) >= 11 is 0. The van der Waals surface area contributed by atoms with Crippen LogP contribution in [0.1, 0.15) is 26.7 Å². The molecule has 1 rings (SSSR count). The van der Waals surface area contributed by atoms with E-state index in [9.17, 15) is 0 Å². The molecule has 3 nitrogen and oxygen atoms in total. The van der Waals surface area contributed by atoms with Crippen LogP contribution in [-0.2, 0) is 0 Å². The molecule has 0 saturated carbocycles. The Morgan fingerprint density at radius 2 is 1.64 bits per heavy atom. The summed E-state index contributed by atoms with van der Waals surface area (Å²) in [6, 6.07) is 0.631. The molecule has 1 aliphatic rings. The molecule has 1 aliphatic heterocycles. The zero-order valence-electron chi connectivity index (χ0n) is 7.51. The van der Waals surface area contributed by atoms with E-state index in [-0.39, 0.29) is 0 Å². The maximum absolute atomic E-state index is 5.79. The molecule has 0 atom stereocenters. The predicted molar refractivity (Wildman–Crippen MR) is 47.0 cm³/mol. The molecule has 1 heterocycles. The summed E-state index contributed by atoms with van der Waals surface area (Å²) in [4.78, 5) is 2.41. The van der Waals surface area contributed by atoms with Gasteiger partial charge >= 0.3 is 0 Å². The Bertz CT molecular complexity index is 121. The van der Waals surface area contributed by atoms with Crippen molar-refractivity contribution in [2.75, 3.05) is 13.1 Å². The molecular weight excluding hydrogens is 138 g/mol. The van der Waals surface area contributed by atoms with E-state index < -0.39 is 5.66 Å². The number of hydrogen-bond acceptors (Lipinski definition) is 3. The first kappa shape index (κ1) is 8.97. The maximum Gasteiger partial charge on any atom is 0.0661 e. The molecule has 0 radical (unpaired) electrons. The molecule has 0 spiro atoms. The standard InChI is InChI=1S/C8H19N3/c1-7(2)11-5-3-8(9,10)4-6-11/h7H,3-6,9-10H2,1-2H3. The van der Waals surface area contributed by atoms with Crippen LogP contribution in [0.2, 0.25) is 0 Å². The summed E-state index contributed by atoms with van der Waals surface area (Å²) in [6.45, 7) is 6.51. The first-order valence-corrected chi connectivity index (χ1v) is 4.33. The van der Waals surface area contributed by atoms with E-state index in [2.05, 4.69) is 18.7 Å². The van der Waals surface area contributed by atoms with Gasteiger partial charge in [-0.25, -0.2) is 0 Å². The van der Waals surface area contributed by atoms with E-state index in [0.29, 0.717) is 6.04 Å². The lowest BCUT2D eigenvalue weighted by molar-refractivity contribution is 0.134. The molecule has 1 saturated heterocycles. The van der Waals surface area contributed by atoms with Crippen LogP contribution in [0, 0.1) is 0 Å². The molecule has 0 amide bonds. The zero-order chi connectivity index (χ0) is 8.48. The van der Waals surface area contributed by atoms with Gasteiger partial charge in [0.2, 0.25) is 0 Å². The Morgan fingerprint density at radius 1 is 1.18 bits per heavy atom. The van der Waals surface area contributed by atoms with Crippen molar-refractivity contribution in [3.8, 4) is 0 Å². The maximum atomic E-state index is 5.79. The number of nitrogens with two attached hydrogens (primary N) is 2. The van der Waals surface area contributed by atoms with Gasteiger partial charge in [0.15, 0.2) is 0 Å². The molecule has 4 N–H and O–H groups in total. The number of hydrogen-bond donors (Lipinski definition) is 2. The Labute approximate surface area is 68.7 Å². The topological polar surface area (TPSA) is 55.3 Å². The number of nitrogens with zero attached hydrogens (tertiary/aromatic N) is 1. The third-order valence-electron chi connectivity index (χ3n) is 2.46. The van der Waals surface area contributed by atoms with Crippen molar-refractivity contribution in [3.63, 3.8) is 0 Å². The first-order valence-electron chi connectivity index (χ1n) is 4.33. The molecule has 66 valence electrons. The molecule has 0 aromatic rings. The molecule has 0 unspecified atom stereocenters. The van der Waals surface area contributed by atoms with E-state index >= 15 is 0 Å². The number of rotatable bonds is 1. The third kappa shape index (κ3) is 2.43. The van der Waals surface area contributed by atoms with Gasteiger partial charge in [0.05, 0.1) is 5.66 Å². The molecule has 11 heavy (non-hydrogen) atoms. The van der Waals surface area contributed by atoms with E-state index in [1.807, 2.05) is 0 Å². The molecular formula is C8H19N3. The van der Waals surface area contributed by atoms with E-state index in [1.165, 1.54) is 0 Å². The van der Waals surface area contributed by atoms with E-state index in [0.717, 1.165) is 25.9 Å². The van der Waals surface area contributed by atoms with Gasteiger partial charge in [-0.2, -0.15) is 0 Å². The summed E-state index contributed by atoms with van der Waals surface area (Å²) in [5.41, 5.74) is 11.2. The fourth-order valence-electron chi connectivity index (χ4n) is 1.46. The fourth-order valence-corrected chi connectivity index (χ4v) is 1.46. The summed E-state index contributed by atoms with van der Waals surface area (Å²) in [5, 5.41) is 0. The van der Waals surface area contributed by atoms with Crippen LogP contribution in [0.25, 0.3) is 0 Å². The minimum absolute atomic E-state index is 0.397. The molecule has 0 aromatic carbocycles. The second-order valence-corrected chi connectivity index (χ2v) is 3.86. The smallest absolute Gasteiger partial charge is 0.0661 e. The van der Waals surface area contributed by atoms with Crippen molar-refractivity contribution < 1.29 is 0 Å². The van der Waals surface area contributed by atoms with Gasteiger partial charge < -0.3 is 16.4 Å². The highest BCUT2D eigenvalue weighted by Crippen LogP contribution is 2.15. The predicted octanol–water partition coefficient (Wildman–Crippen LogP) is 0.104. The van der Waals surface area contributed by atoms with Gasteiger partial charge in [0.1, 0.15) is 0 Å². The van der Waals surface area contributed by atoms with Crippen molar-refractivity contribution in [3.05, 3.63) is 0 Å². The molecule has 0 bridgehead atoms. The quantitative estimate of drug-likeness (QED) is 0.531.